The van der Waals surface area contributed by atoms with E-state index in [1.165, 1.54) is 0 Å². The van der Waals surface area contributed by atoms with Gasteiger partial charge < -0.3 is 20.5 Å². The van der Waals surface area contributed by atoms with E-state index >= 15 is 0 Å². The smallest absolute Gasteiger partial charge is 0.314 e. The Balaban J connectivity index is 2.41. The number of ether oxygens (including phenoxy) is 1. The zero-order valence-electron chi connectivity index (χ0n) is 13.5. The van der Waals surface area contributed by atoms with E-state index in [1.54, 1.807) is 6.07 Å². The highest BCUT2D eigenvalue weighted by molar-refractivity contribution is 5.73. The molecule has 1 unspecified atom stereocenters. The summed E-state index contributed by atoms with van der Waals surface area (Å²) in [6.07, 6.45) is 4.02. The molecule has 0 fully saturated rings. The van der Waals surface area contributed by atoms with Crippen LogP contribution in [0.4, 0.5) is 4.79 Å². The minimum atomic E-state index is -0.767. The molecule has 1 rings (SSSR count). The number of allylic oxidation sites excluding steroid dienone is 1. The zero-order valence-corrected chi connectivity index (χ0v) is 13.5. The lowest BCUT2D eigenvalue weighted by Gasteiger charge is -2.15. The van der Waals surface area contributed by atoms with Crippen LogP contribution in [0.5, 0.6) is 5.75 Å². The summed E-state index contributed by atoms with van der Waals surface area (Å²) in [7, 11) is 0. The van der Waals surface area contributed by atoms with Gasteiger partial charge in [0.1, 0.15) is 5.75 Å². The Morgan fingerprint density at radius 2 is 2.14 bits per heavy atom. The van der Waals surface area contributed by atoms with Crippen molar-refractivity contribution >= 4 is 6.03 Å². The quantitative estimate of drug-likeness (QED) is 0.511. The molecular formula is C17H26N2O3. The van der Waals surface area contributed by atoms with Crippen LogP contribution in [0.25, 0.3) is 0 Å². The minimum absolute atomic E-state index is 0.0773. The monoisotopic (exact) mass is 306 g/mol. The number of carbonyl (C=O) groups is 1. The summed E-state index contributed by atoms with van der Waals surface area (Å²) in [4.78, 5) is 11.6. The van der Waals surface area contributed by atoms with E-state index in [2.05, 4.69) is 10.6 Å². The highest BCUT2D eigenvalue weighted by Crippen LogP contribution is 2.19. The molecule has 0 saturated carbocycles. The van der Waals surface area contributed by atoms with Gasteiger partial charge in [-0.1, -0.05) is 24.3 Å². The van der Waals surface area contributed by atoms with Gasteiger partial charge in [-0.2, -0.15) is 0 Å². The van der Waals surface area contributed by atoms with Crippen LogP contribution in [-0.2, 0) is 0 Å². The van der Waals surface area contributed by atoms with Crippen molar-refractivity contribution in [3.8, 4) is 5.75 Å². The van der Waals surface area contributed by atoms with Crippen molar-refractivity contribution in [3.05, 3.63) is 42.0 Å². The molecule has 0 saturated heterocycles. The summed E-state index contributed by atoms with van der Waals surface area (Å²) >= 11 is 0. The molecule has 1 aromatic rings. The third-order valence-electron chi connectivity index (χ3n) is 2.90. The van der Waals surface area contributed by atoms with Crippen LogP contribution in [0.3, 0.4) is 0 Å². The second kappa shape index (κ2) is 9.84. The summed E-state index contributed by atoms with van der Waals surface area (Å²) in [5, 5.41) is 15.5. The average molecular weight is 306 g/mol. The number of urea groups is 1. The number of nitrogens with one attached hydrogen (secondary N) is 2. The third-order valence-corrected chi connectivity index (χ3v) is 2.90. The lowest BCUT2D eigenvalue weighted by molar-refractivity contribution is 0.172. The van der Waals surface area contributed by atoms with E-state index < -0.39 is 6.10 Å². The van der Waals surface area contributed by atoms with Crippen LogP contribution in [0.15, 0.2) is 36.4 Å². The maximum atomic E-state index is 11.6. The molecule has 1 atom stereocenters. The minimum Gasteiger partial charge on any atom is -0.491 e. The predicted molar refractivity (Wildman–Crippen MR) is 88.0 cm³/mol. The molecule has 3 N–H and O–H groups in total. The fourth-order valence-corrected chi connectivity index (χ4v) is 1.87. The molecule has 0 aromatic heterocycles. The first kappa shape index (κ1) is 18.0. The summed E-state index contributed by atoms with van der Waals surface area (Å²) in [6.45, 7) is 6.56. The first-order valence-corrected chi connectivity index (χ1v) is 7.60. The molecule has 0 aliphatic rings. The van der Waals surface area contributed by atoms with Gasteiger partial charge in [0.2, 0.25) is 0 Å². The number of amides is 2. The molecule has 22 heavy (non-hydrogen) atoms. The van der Waals surface area contributed by atoms with Crippen molar-refractivity contribution in [3.63, 3.8) is 0 Å². The third kappa shape index (κ3) is 7.13. The summed E-state index contributed by atoms with van der Waals surface area (Å²) < 4.78 is 5.59. The molecule has 0 aliphatic carbocycles. The highest BCUT2D eigenvalue weighted by Gasteiger charge is 2.10. The maximum Gasteiger partial charge on any atom is 0.314 e. The SMILES string of the molecule is C/C=C/CCNC(=O)NCC(O)c1cccc(OC(C)C)c1. The van der Waals surface area contributed by atoms with Gasteiger partial charge in [-0.3, -0.25) is 0 Å². The topological polar surface area (TPSA) is 70.6 Å². The summed E-state index contributed by atoms with van der Waals surface area (Å²) in [5.74, 6) is 0.711. The first-order chi connectivity index (χ1) is 10.5. The number of aliphatic hydroxyl groups excluding tert-OH is 1. The van der Waals surface area contributed by atoms with E-state index in [0.29, 0.717) is 17.9 Å². The summed E-state index contributed by atoms with van der Waals surface area (Å²) in [5.41, 5.74) is 0.715. The maximum absolute atomic E-state index is 11.6. The van der Waals surface area contributed by atoms with Gasteiger partial charge >= 0.3 is 6.03 Å². The van der Waals surface area contributed by atoms with Crippen molar-refractivity contribution < 1.29 is 14.6 Å². The number of hydrogen-bond acceptors (Lipinski definition) is 3. The number of carbonyl (C=O) groups excluding carboxylic acids is 1. The molecular weight excluding hydrogens is 280 g/mol. The number of aliphatic hydroxyl groups is 1. The highest BCUT2D eigenvalue weighted by atomic mass is 16.5. The second-order valence-electron chi connectivity index (χ2n) is 5.25. The van der Waals surface area contributed by atoms with Crippen LogP contribution < -0.4 is 15.4 Å². The normalized spacial score (nSPS) is 12.4. The van der Waals surface area contributed by atoms with Gasteiger partial charge in [-0.15, -0.1) is 0 Å². The van der Waals surface area contributed by atoms with Crippen LogP contribution >= 0.6 is 0 Å². The molecule has 5 heteroatoms. The van der Waals surface area contributed by atoms with E-state index in [0.717, 1.165) is 6.42 Å². The van der Waals surface area contributed by atoms with Gasteiger partial charge in [0, 0.05) is 13.1 Å². The Bertz CT molecular complexity index is 487. The molecule has 0 spiro atoms. The molecule has 1 aromatic carbocycles. The first-order valence-electron chi connectivity index (χ1n) is 7.60. The predicted octanol–water partition coefficient (Wildman–Crippen LogP) is 2.77. The van der Waals surface area contributed by atoms with Gasteiger partial charge in [0.05, 0.1) is 12.2 Å². The lowest BCUT2D eigenvalue weighted by Crippen LogP contribution is -2.38. The van der Waals surface area contributed by atoms with Gasteiger partial charge in [0.25, 0.3) is 0 Å². The van der Waals surface area contributed by atoms with E-state index in [1.807, 2.05) is 51.1 Å². The van der Waals surface area contributed by atoms with Gasteiger partial charge in [-0.05, 0) is 44.9 Å². The average Bonchev–Trinajstić information content (AvgIpc) is 2.49. The molecule has 0 radical (unpaired) electrons. The fraction of sp³-hybridized carbons (Fsp3) is 0.471. The molecule has 2 amide bonds. The number of hydrogen-bond donors (Lipinski definition) is 3. The van der Waals surface area contributed by atoms with Crippen LogP contribution in [0.2, 0.25) is 0 Å². The zero-order chi connectivity index (χ0) is 16.4. The standard InChI is InChI=1S/C17H26N2O3/c1-4-5-6-10-18-17(21)19-12-16(20)14-8-7-9-15(11-14)22-13(2)3/h4-5,7-9,11,13,16,20H,6,10,12H2,1-3H3,(H2,18,19,21)/b5-4+. The van der Waals surface area contributed by atoms with Crippen molar-refractivity contribution in [1.82, 2.24) is 10.6 Å². The Hall–Kier alpha value is -2.01. The molecule has 0 bridgehead atoms. The van der Waals surface area contributed by atoms with Crippen molar-refractivity contribution in [2.45, 2.75) is 39.4 Å². The van der Waals surface area contributed by atoms with Crippen molar-refractivity contribution in [2.75, 3.05) is 13.1 Å². The largest absolute Gasteiger partial charge is 0.491 e. The van der Waals surface area contributed by atoms with Crippen molar-refractivity contribution in [2.24, 2.45) is 0 Å². The Morgan fingerprint density at radius 3 is 2.82 bits per heavy atom. The molecule has 0 aliphatic heterocycles. The number of rotatable bonds is 8. The van der Waals surface area contributed by atoms with E-state index in [9.17, 15) is 9.90 Å². The molecule has 122 valence electrons. The Morgan fingerprint density at radius 1 is 1.36 bits per heavy atom. The molecule has 5 nitrogen and oxygen atoms in total. The fourth-order valence-electron chi connectivity index (χ4n) is 1.87. The van der Waals surface area contributed by atoms with E-state index in [-0.39, 0.29) is 18.7 Å². The second-order valence-corrected chi connectivity index (χ2v) is 5.25. The Labute approximate surface area is 132 Å². The van der Waals surface area contributed by atoms with Crippen molar-refractivity contribution in [1.29, 1.82) is 0 Å². The lowest BCUT2D eigenvalue weighted by atomic mass is 10.1. The van der Waals surface area contributed by atoms with Gasteiger partial charge in [0.15, 0.2) is 0 Å². The van der Waals surface area contributed by atoms with E-state index in [4.69, 9.17) is 4.74 Å². The van der Waals surface area contributed by atoms with Crippen LogP contribution in [0, 0.1) is 0 Å². The summed E-state index contributed by atoms with van der Waals surface area (Å²) in [6, 6.07) is 6.99. The van der Waals surface area contributed by atoms with Crippen LogP contribution in [0.1, 0.15) is 38.9 Å². The van der Waals surface area contributed by atoms with Crippen LogP contribution in [-0.4, -0.2) is 30.3 Å². The number of benzene rings is 1. The molecule has 0 heterocycles. The Kier molecular flexibility index (Phi) is 8.07. The van der Waals surface area contributed by atoms with Gasteiger partial charge in [-0.25, -0.2) is 4.79 Å².